The standard InChI is InChI=1S/C21H20FN3O/c1-15-4-5-16(11-19(15)22)7-9-21(26)25-13-17-6-8-20(24-12-17)18-3-2-10-23-14-18/h2-6,8,10-12,14H,7,9,13H2,1H3,(H,25,26). The fraction of sp³-hybridized carbons (Fsp3) is 0.190. The number of nitrogens with one attached hydrogen (secondary N) is 1. The SMILES string of the molecule is Cc1ccc(CCC(=O)NCc2ccc(-c3cccnc3)nc2)cc1F. The van der Waals surface area contributed by atoms with E-state index in [0.717, 1.165) is 22.4 Å². The number of hydrogen-bond donors (Lipinski definition) is 1. The van der Waals surface area contributed by atoms with Crippen molar-refractivity contribution in [1.82, 2.24) is 15.3 Å². The van der Waals surface area contributed by atoms with Gasteiger partial charge in [-0.1, -0.05) is 18.2 Å². The summed E-state index contributed by atoms with van der Waals surface area (Å²) in [5, 5.41) is 2.87. The van der Waals surface area contributed by atoms with E-state index in [1.165, 1.54) is 6.07 Å². The lowest BCUT2D eigenvalue weighted by atomic mass is 10.1. The molecule has 3 rings (SSSR count). The maximum Gasteiger partial charge on any atom is 0.220 e. The van der Waals surface area contributed by atoms with Gasteiger partial charge in [0.25, 0.3) is 0 Å². The molecule has 0 aliphatic carbocycles. The molecule has 26 heavy (non-hydrogen) atoms. The average molecular weight is 349 g/mol. The molecule has 0 spiro atoms. The van der Waals surface area contributed by atoms with Gasteiger partial charge in [-0.25, -0.2) is 4.39 Å². The van der Waals surface area contributed by atoms with Gasteiger partial charge >= 0.3 is 0 Å². The number of carbonyl (C=O) groups excluding carboxylic acids is 1. The first kappa shape index (κ1) is 17.7. The van der Waals surface area contributed by atoms with Gasteiger partial charge in [0.15, 0.2) is 0 Å². The van der Waals surface area contributed by atoms with Gasteiger partial charge < -0.3 is 5.32 Å². The summed E-state index contributed by atoms with van der Waals surface area (Å²) in [5.74, 6) is -0.301. The quantitative estimate of drug-likeness (QED) is 0.736. The van der Waals surface area contributed by atoms with Gasteiger partial charge in [0.2, 0.25) is 5.91 Å². The van der Waals surface area contributed by atoms with E-state index in [0.29, 0.717) is 24.9 Å². The Morgan fingerprint density at radius 2 is 1.96 bits per heavy atom. The van der Waals surface area contributed by atoms with Crippen molar-refractivity contribution < 1.29 is 9.18 Å². The number of aromatic nitrogens is 2. The Hall–Kier alpha value is -3.08. The molecule has 0 fully saturated rings. The van der Waals surface area contributed by atoms with Crippen LogP contribution in [0.25, 0.3) is 11.3 Å². The molecule has 0 radical (unpaired) electrons. The van der Waals surface area contributed by atoms with Crippen LogP contribution in [-0.4, -0.2) is 15.9 Å². The second-order valence-corrected chi connectivity index (χ2v) is 6.15. The summed E-state index contributed by atoms with van der Waals surface area (Å²) in [7, 11) is 0. The summed E-state index contributed by atoms with van der Waals surface area (Å²) < 4.78 is 13.5. The Labute approximate surface area is 152 Å². The smallest absolute Gasteiger partial charge is 0.220 e. The van der Waals surface area contributed by atoms with Crippen molar-refractivity contribution in [3.8, 4) is 11.3 Å². The van der Waals surface area contributed by atoms with E-state index in [1.807, 2.05) is 30.3 Å². The first-order valence-corrected chi connectivity index (χ1v) is 8.49. The van der Waals surface area contributed by atoms with Gasteiger partial charge in [-0.15, -0.1) is 0 Å². The van der Waals surface area contributed by atoms with Crippen molar-refractivity contribution in [2.45, 2.75) is 26.3 Å². The summed E-state index contributed by atoms with van der Waals surface area (Å²) in [5.41, 5.74) is 4.15. The van der Waals surface area contributed by atoms with Crippen molar-refractivity contribution >= 4 is 5.91 Å². The first-order valence-electron chi connectivity index (χ1n) is 8.49. The molecule has 3 aromatic rings. The van der Waals surface area contributed by atoms with E-state index < -0.39 is 0 Å². The highest BCUT2D eigenvalue weighted by atomic mass is 19.1. The number of benzene rings is 1. The van der Waals surface area contributed by atoms with E-state index in [4.69, 9.17) is 0 Å². The van der Waals surface area contributed by atoms with Crippen LogP contribution < -0.4 is 5.32 Å². The largest absolute Gasteiger partial charge is 0.352 e. The number of carbonyl (C=O) groups is 1. The van der Waals surface area contributed by atoms with Crippen LogP contribution in [0, 0.1) is 12.7 Å². The molecule has 5 heteroatoms. The minimum atomic E-state index is -0.234. The number of halogens is 1. The molecule has 0 aliphatic heterocycles. The summed E-state index contributed by atoms with van der Waals surface area (Å²) in [6, 6.07) is 12.7. The van der Waals surface area contributed by atoms with Crippen LogP contribution in [0.5, 0.6) is 0 Å². The van der Waals surface area contributed by atoms with Gasteiger partial charge in [0, 0.05) is 37.1 Å². The lowest BCUT2D eigenvalue weighted by Gasteiger charge is -2.07. The number of nitrogens with zero attached hydrogens (tertiary/aromatic N) is 2. The highest BCUT2D eigenvalue weighted by Gasteiger charge is 2.05. The zero-order chi connectivity index (χ0) is 18.4. The fourth-order valence-corrected chi connectivity index (χ4v) is 2.55. The minimum Gasteiger partial charge on any atom is -0.352 e. The van der Waals surface area contributed by atoms with Gasteiger partial charge in [-0.05, 0) is 54.3 Å². The first-order chi connectivity index (χ1) is 12.6. The van der Waals surface area contributed by atoms with Gasteiger partial charge in [-0.2, -0.15) is 0 Å². The minimum absolute atomic E-state index is 0.0673. The van der Waals surface area contributed by atoms with Crippen molar-refractivity contribution in [3.63, 3.8) is 0 Å². The predicted octanol–water partition coefficient (Wildman–Crippen LogP) is 3.84. The topological polar surface area (TPSA) is 54.9 Å². The summed E-state index contributed by atoms with van der Waals surface area (Å²) in [6.45, 7) is 2.14. The molecule has 0 unspecified atom stereocenters. The third-order valence-electron chi connectivity index (χ3n) is 4.15. The van der Waals surface area contributed by atoms with Crippen molar-refractivity contribution in [2.75, 3.05) is 0 Å². The Kier molecular flexibility index (Phi) is 5.69. The molecule has 4 nitrogen and oxygen atoms in total. The van der Waals surface area contributed by atoms with Crippen LogP contribution in [0.1, 0.15) is 23.1 Å². The van der Waals surface area contributed by atoms with E-state index in [-0.39, 0.29) is 11.7 Å². The van der Waals surface area contributed by atoms with Crippen molar-refractivity contribution in [3.05, 3.63) is 83.6 Å². The summed E-state index contributed by atoms with van der Waals surface area (Å²) >= 11 is 0. The zero-order valence-electron chi connectivity index (χ0n) is 14.6. The molecular weight excluding hydrogens is 329 g/mol. The van der Waals surface area contributed by atoms with E-state index >= 15 is 0 Å². The molecule has 132 valence electrons. The average Bonchev–Trinajstić information content (AvgIpc) is 2.68. The maximum atomic E-state index is 13.5. The monoisotopic (exact) mass is 349 g/mol. The fourth-order valence-electron chi connectivity index (χ4n) is 2.55. The second kappa shape index (κ2) is 8.34. The number of aryl methyl sites for hydroxylation is 2. The van der Waals surface area contributed by atoms with E-state index in [1.54, 1.807) is 31.6 Å². The Balaban J connectivity index is 1.49. The Morgan fingerprint density at radius 3 is 2.65 bits per heavy atom. The van der Waals surface area contributed by atoms with Crippen LogP contribution in [0.3, 0.4) is 0 Å². The predicted molar refractivity (Wildman–Crippen MR) is 98.8 cm³/mol. The molecule has 0 bridgehead atoms. The summed E-state index contributed by atoms with van der Waals surface area (Å²) in [6.07, 6.45) is 6.07. The number of amides is 1. The highest BCUT2D eigenvalue weighted by Crippen LogP contribution is 2.15. The van der Waals surface area contributed by atoms with Crippen LogP contribution in [0.2, 0.25) is 0 Å². The van der Waals surface area contributed by atoms with Gasteiger partial charge in [0.1, 0.15) is 5.82 Å². The second-order valence-electron chi connectivity index (χ2n) is 6.15. The normalized spacial score (nSPS) is 10.5. The van der Waals surface area contributed by atoms with E-state index in [9.17, 15) is 9.18 Å². The highest BCUT2D eigenvalue weighted by molar-refractivity contribution is 5.76. The molecule has 1 aromatic carbocycles. The number of rotatable bonds is 6. The molecule has 0 aliphatic rings. The van der Waals surface area contributed by atoms with Gasteiger partial charge in [-0.3, -0.25) is 14.8 Å². The Morgan fingerprint density at radius 1 is 1.12 bits per heavy atom. The molecular formula is C21H20FN3O. The third kappa shape index (κ3) is 4.72. The van der Waals surface area contributed by atoms with Crippen LogP contribution in [-0.2, 0) is 17.8 Å². The summed E-state index contributed by atoms with van der Waals surface area (Å²) in [4.78, 5) is 20.5. The van der Waals surface area contributed by atoms with Crippen molar-refractivity contribution in [2.24, 2.45) is 0 Å². The Bertz CT molecular complexity index is 880. The number of pyridine rings is 2. The van der Waals surface area contributed by atoms with Crippen LogP contribution in [0.15, 0.2) is 61.1 Å². The van der Waals surface area contributed by atoms with Crippen LogP contribution >= 0.6 is 0 Å². The van der Waals surface area contributed by atoms with E-state index in [2.05, 4.69) is 15.3 Å². The molecule has 0 saturated heterocycles. The molecule has 2 aromatic heterocycles. The van der Waals surface area contributed by atoms with Gasteiger partial charge in [0.05, 0.1) is 5.69 Å². The molecule has 1 amide bonds. The lowest BCUT2D eigenvalue weighted by molar-refractivity contribution is -0.121. The zero-order valence-corrected chi connectivity index (χ0v) is 14.6. The molecule has 1 N–H and O–H groups in total. The molecule has 2 heterocycles. The lowest BCUT2D eigenvalue weighted by Crippen LogP contribution is -2.23. The van der Waals surface area contributed by atoms with Crippen molar-refractivity contribution in [1.29, 1.82) is 0 Å². The third-order valence-corrected chi connectivity index (χ3v) is 4.15. The number of hydrogen-bond acceptors (Lipinski definition) is 3. The maximum absolute atomic E-state index is 13.5. The molecule has 0 saturated carbocycles. The van der Waals surface area contributed by atoms with Crippen LogP contribution in [0.4, 0.5) is 4.39 Å². The molecule has 0 atom stereocenters.